The molecule has 2 nitrogen and oxygen atoms in total. The summed E-state index contributed by atoms with van der Waals surface area (Å²) in [7, 11) is 0. The first kappa shape index (κ1) is 11.9. The van der Waals surface area contributed by atoms with Crippen LogP contribution in [0.3, 0.4) is 0 Å². The van der Waals surface area contributed by atoms with Crippen molar-refractivity contribution in [2.75, 3.05) is 0 Å². The van der Waals surface area contributed by atoms with Crippen molar-refractivity contribution < 1.29 is 9.90 Å². The average Bonchev–Trinajstić information content (AvgIpc) is 2.65. The molecule has 0 saturated heterocycles. The van der Waals surface area contributed by atoms with E-state index in [0.29, 0.717) is 0 Å². The SMILES string of the molecule is O=C(O)Cc1ccc2c(c1)sc1ccc(I)cc12. The Balaban J connectivity index is 2.23. The number of rotatable bonds is 2. The normalized spacial score (nSPS) is 11.2. The van der Waals surface area contributed by atoms with Crippen LogP contribution in [-0.2, 0) is 11.2 Å². The zero-order valence-corrected chi connectivity index (χ0v) is 12.3. The lowest BCUT2D eigenvalue weighted by atomic mass is 10.1. The van der Waals surface area contributed by atoms with E-state index in [1.165, 1.54) is 19.0 Å². The second-order valence-electron chi connectivity index (χ2n) is 4.14. The summed E-state index contributed by atoms with van der Waals surface area (Å²) in [6.45, 7) is 0. The van der Waals surface area contributed by atoms with Crippen LogP contribution in [0.1, 0.15) is 5.56 Å². The fraction of sp³-hybridized carbons (Fsp3) is 0.0714. The summed E-state index contributed by atoms with van der Waals surface area (Å²) in [5, 5.41) is 11.3. The van der Waals surface area contributed by atoms with Gasteiger partial charge in [0.1, 0.15) is 0 Å². The van der Waals surface area contributed by atoms with E-state index < -0.39 is 5.97 Å². The maximum atomic E-state index is 10.7. The molecule has 0 amide bonds. The summed E-state index contributed by atoms with van der Waals surface area (Å²) >= 11 is 4.02. The first-order valence-corrected chi connectivity index (χ1v) is 7.35. The van der Waals surface area contributed by atoms with Gasteiger partial charge in [0.05, 0.1) is 6.42 Å². The Bertz CT molecular complexity index is 761. The standard InChI is InChI=1S/C14H9IO2S/c15-9-2-4-12-11(7-9)10-3-1-8(6-14(16)17)5-13(10)18-12/h1-5,7H,6H2,(H,16,17). The van der Waals surface area contributed by atoms with Crippen LogP contribution in [0.15, 0.2) is 36.4 Å². The molecular weight excluding hydrogens is 359 g/mol. The molecule has 1 aromatic heterocycles. The van der Waals surface area contributed by atoms with Crippen molar-refractivity contribution in [1.82, 2.24) is 0 Å². The average molecular weight is 368 g/mol. The van der Waals surface area contributed by atoms with Crippen molar-refractivity contribution >= 4 is 60.1 Å². The van der Waals surface area contributed by atoms with Crippen LogP contribution in [0.5, 0.6) is 0 Å². The second-order valence-corrected chi connectivity index (χ2v) is 6.47. The van der Waals surface area contributed by atoms with Crippen LogP contribution in [0.4, 0.5) is 0 Å². The lowest BCUT2D eigenvalue weighted by Gasteiger charge is -1.97. The van der Waals surface area contributed by atoms with Crippen LogP contribution in [0.2, 0.25) is 0 Å². The highest BCUT2D eigenvalue weighted by molar-refractivity contribution is 14.1. The highest BCUT2D eigenvalue weighted by Crippen LogP contribution is 2.35. The molecule has 3 aromatic rings. The van der Waals surface area contributed by atoms with E-state index in [-0.39, 0.29) is 6.42 Å². The van der Waals surface area contributed by atoms with Gasteiger partial charge in [-0.2, -0.15) is 0 Å². The number of fused-ring (bicyclic) bond motifs is 3. The lowest BCUT2D eigenvalue weighted by molar-refractivity contribution is -0.136. The monoisotopic (exact) mass is 368 g/mol. The van der Waals surface area contributed by atoms with Gasteiger partial charge in [0.25, 0.3) is 0 Å². The molecule has 0 radical (unpaired) electrons. The van der Waals surface area contributed by atoms with Gasteiger partial charge in [-0.15, -0.1) is 11.3 Å². The Hall–Kier alpha value is -1.14. The number of aliphatic carboxylic acids is 1. The fourth-order valence-electron chi connectivity index (χ4n) is 2.08. The minimum Gasteiger partial charge on any atom is -0.481 e. The predicted octanol–water partition coefficient (Wildman–Crippen LogP) is 4.29. The molecule has 90 valence electrons. The molecule has 1 N–H and O–H groups in total. The number of thiophene rings is 1. The van der Waals surface area contributed by atoms with E-state index in [1.807, 2.05) is 18.2 Å². The summed E-state index contributed by atoms with van der Waals surface area (Å²) in [6.07, 6.45) is 0.0850. The van der Waals surface area contributed by atoms with E-state index in [1.54, 1.807) is 11.3 Å². The molecule has 0 saturated carbocycles. The maximum Gasteiger partial charge on any atom is 0.307 e. The van der Waals surface area contributed by atoms with E-state index >= 15 is 0 Å². The quantitative estimate of drug-likeness (QED) is 0.686. The molecule has 18 heavy (non-hydrogen) atoms. The van der Waals surface area contributed by atoms with Crippen molar-refractivity contribution in [3.8, 4) is 0 Å². The van der Waals surface area contributed by atoms with Gasteiger partial charge in [0.2, 0.25) is 0 Å². The molecule has 3 rings (SSSR count). The third kappa shape index (κ3) is 2.10. The molecular formula is C14H9IO2S. The third-order valence-electron chi connectivity index (χ3n) is 2.85. The van der Waals surface area contributed by atoms with Crippen LogP contribution in [0.25, 0.3) is 20.2 Å². The van der Waals surface area contributed by atoms with E-state index in [4.69, 9.17) is 5.11 Å². The van der Waals surface area contributed by atoms with Crippen molar-refractivity contribution in [3.63, 3.8) is 0 Å². The number of halogens is 1. The zero-order chi connectivity index (χ0) is 12.7. The number of carboxylic acids is 1. The van der Waals surface area contributed by atoms with Crippen molar-refractivity contribution in [3.05, 3.63) is 45.5 Å². The molecule has 0 aliphatic heterocycles. The Morgan fingerprint density at radius 1 is 1.11 bits per heavy atom. The van der Waals surface area contributed by atoms with Crippen LogP contribution in [-0.4, -0.2) is 11.1 Å². The van der Waals surface area contributed by atoms with Gasteiger partial charge < -0.3 is 5.11 Å². The molecule has 0 aliphatic carbocycles. The number of benzene rings is 2. The predicted molar refractivity (Wildman–Crippen MR) is 83.4 cm³/mol. The summed E-state index contributed by atoms with van der Waals surface area (Å²) in [6, 6.07) is 12.3. The summed E-state index contributed by atoms with van der Waals surface area (Å²) in [5.74, 6) is -0.787. The molecule has 0 fully saturated rings. The van der Waals surface area contributed by atoms with Gasteiger partial charge in [-0.05, 0) is 52.4 Å². The van der Waals surface area contributed by atoms with Crippen molar-refractivity contribution in [2.24, 2.45) is 0 Å². The van der Waals surface area contributed by atoms with Gasteiger partial charge in [0, 0.05) is 23.7 Å². The Kier molecular flexibility index (Phi) is 2.99. The molecule has 0 bridgehead atoms. The van der Waals surface area contributed by atoms with Gasteiger partial charge in [-0.25, -0.2) is 0 Å². The molecule has 0 unspecified atom stereocenters. The van der Waals surface area contributed by atoms with E-state index in [0.717, 1.165) is 10.3 Å². The maximum absolute atomic E-state index is 10.7. The van der Waals surface area contributed by atoms with Crippen LogP contribution in [0, 0.1) is 3.57 Å². The Labute approximate surface area is 121 Å². The molecule has 0 atom stereocenters. The summed E-state index contributed by atoms with van der Waals surface area (Å²) in [4.78, 5) is 10.7. The summed E-state index contributed by atoms with van der Waals surface area (Å²) < 4.78 is 3.62. The number of hydrogen-bond acceptors (Lipinski definition) is 2. The largest absolute Gasteiger partial charge is 0.481 e. The van der Waals surface area contributed by atoms with Gasteiger partial charge >= 0.3 is 5.97 Å². The molecule has 0 spiro atoms. The Morgan fingerprint density at radius 2 is 1.94 bits per heavy atom. The smallest absolute Gasteiger partial charge is 0.307 e. The number of hydrogen-bond donors (Lipinski definition) is 1. The zero-order valence-electron chi connectivity index (χ0n) is 9.31. The Morgan fingerprint density at radius 3 is 2.72 bits per heavy atom. The second kappa shape index (κ2) is 4.51. The highest BCUT2D eigenvalue weighted by Gasteiger charge is 2.07. The third-order valence-corrected chi connectivity index (χ3v) is 4.66. The molecule has 0 aliphatic rings. The van der Waals surface area contributed by atoms with Gasteiger partial charge in [-0.3, -0.25) is 4.79 Å². The van der Waals surface area contributed by atoms with Crippen LogP contribution >= 0.6 is 33.9 Å². The fourth-order valence-corrected chi connectivity index (χ4v) is 3.72. The summed E-state index contributed by atoms with van der Waals surface area (Å²) in [5.41, 5.74) is 0.858. The minimum atomic E-state index is -0.787. The number of carbonyl (C=O) groups is 1. The van der Waals surface area contributed by atoms with E-state index in [9.17, 15) is 4.79 Å². The molecule has 4 heteroatoms. The molecule has 1 heterocycles. The lowest BCUT2D eigenvalue weighted by Crippen LogP contribution is -1.99. The number of carboxylic acid groups (broad SMARTS) is 1. The molecule has 2 aromatic carbocycles. The van der Waals surface area contributed by atoms with E-state index in [2.05, 4.69) is 40.8 Å². The minimum absolute atomic E-state index is 0.0850. The first-order valence-electron chi connectivity index (χ1n) is 5.46. The van der Waals surface area contributed by atoms with Crippen molar-refractivity contribution in [2.45, 2.75) is 6.42 Å². The van der Waals surface area contributed by atoms with Gasteiger partial charge in [-0.1, -0.05) is 12.1 Å². The topological polar surface area (TPSA) is 37.3 Å². The van der Waals surface area contributed by atoms with Gasteiger partial charge in [0.15, 0.2) is 0 Å². The van der Waals surface area contributed by atoms with Crippen molar-refractivity contribution in [1.29, 1.82) is 0 Å². The first-order chi connectivity index (χ1) is 8.63. The highest BCUT2D eigenvalue weighted by atomic mass is 127. The van der Waals surface area contributed by atoms with Crippen LogP contribution < -0.4 is 0 Å².